The minimum atomic E-state index is -0.423. The molecule has 0 spiro atoms. The van der Waals surface area contributed by atoms with Crippen LogP contribution in [0, 0.1) is 5.92 Å². The van der Waals surface area contributed by atoms with Gasteiger partial charge in [0.05, 0.1) is 16.3 Å². The van der Waals surface area contributed by atoms with Crippen molar-refractivity contribution in [1.29, 1.82) is 0 Å². The molecular formula is C22H23Cl2N3O2. The van der Waals surface area contributed by atoms with Crippen LogP contribution in [-0.4, -0.2) is 17.5 Å². The Morgan fingerprint density at radius 3 is 2.52 bits per heavy atom. The van der Waals surface area contributed by atoms with E-state index in [-0.39, 0.29) is 16.8 Å². The molecule has 2 amide bonds. The van der Waals surface area contributed by atoms with Crippen LogP contribution in [0.3, 0.4) is 0 Å². The van der Waals surface area contributed by atoms with Gasteiger partial charge >= 0.3 is 0 Å². The number of carbonyl (C=O) groups is 2. The van der Waals surface area contributed by atoms with Crippen LogP contribution in [0.5, 0.6) is 0 Å². The van der Waals surface area contributed by atoms with E-state index in [0.717, 1.165) is 36.9 Å². The monoisotopic (exact) mass is 431 g/mol. The molecule has 2 N–H and O–H groups in total. The van der Waals surface area contributed by atoms with Crippen molar-refractivity contribution in [3.63, 3.8) is 0 Å². The number of hydrazone groups is 1. The highest BCUT2D eigenvalue weighted by Crippen LogP contribution is 2.25. The third kappa shape index (κ3) is 5.81. The molecule has 3 rings (SSSR count). The molecule has 1 aliphatic carbocycles. The molecule has 0 saturated heterocycles. The molecule has 2 aromatic carbocycles. The van der Waals surface area contributed by atoms with E-state index in [1.807, 2.05) is 24.3 Å². The van der Waals surface area contributed by atoms with E-state index >= 15 is 0 Å². The number of hydrogen-bond acceptors (Lipinski definition) is 3. The Bertz CT molecular complexity index is 937. The van der Waals surface area contributed by atoms with Gasteiger partial charge in [-0.25, -0.2) is 5.43 Å². The molecular weight excluding hydrogens is 409 g/mol. The summed E-state index contributed by atoms with van der Waals surface area (Å²) in [7, 11) is 0. The fraction of sp³-hybridized carbons (Fsp3) is 0.318. The van der Waals surface area contributed by atoms with E-state index in [2.05, 4.69) is 15.8 Å². The van der Waals surface area contributed by atoms with Crippen LogP contribution in [0.15, 0.2) is 47.6 Å². The molecule has 5 nitrogen and oxygen atoms in total. The second kappa shape index (κ2) is 9.90. The van der Waals surface area contributed by atoms with Crippen molar-refractivity contribution in [3.05, 3.63) is 63.6 Å². The average molecular weight is 432 g/mol. The van der Waals surface area contributed by atoms with Crippen LogP contribution in [0.2, 0.25) is 10.0 Å². The Hall–Kier alpha value is -2.37. The number of anilines is 1. The maximum absolute atomic E-state index is 12.5. The molecule has 29 heavy (non-hydrogen) atoms. The predicted molar refractivity (Wildman–Crippen MR) is 118 cm³/mol. The van der Waals surface area contributed by atoms with Gasteiger partial charge in [0, 0.05) is 16.6 Å². The first kappa shape index (κ1) is 21.3. The first-order valence-electron chi connectivity index (χ1n) is 9.65. The SMILES string of the molecule is CC(=NNC(=O)c1ccc(Cl)cc1Cl)c1cccc(NC(=O)C2CCCCC2)c1. The maximum Gasteiger partial charge on any atom is 0.272 e. The van der Waals surface area contributed by atoms with Gasteiger partial charge in [0.25, 0.3) is 5.91 Å². The van der Waals surface area contributed by atoms with Crippen molar-refractivity contribution in [3.8, 4) is 0 Å². The lowest BCUT2D eigenvalue weighted by Crippen LogP contribution is -2.24. The van der Waals surface area contributed by atoms with E-state index in [1.165, 1.54) is 12.5 Å². The zero-order valence-corrected chi connectivity index (χ0v) is 17.7. The van der Waals surface area contributed by atoms with Gasteiger partial charge in [0.1, 0.15) is 0 Å². The van der Waals surface area contributed by atoms with Crippen molar-refractivity contribution in [2.75, 3.05) is 5.32 Å². The summed E-state index contributed by atoms with van der Waals surface area (Å²) in [4.78, 5) is 24.8. The molecule has 0 radical (unpaired) electrons. The molecule has 0 atom stereocenters. The summed E-state index contributed by atoms with van der Waals surface area (Å²) in [5, 5.41) is 7.87. The molecule has 0 aliphatic heterocycles. The lowest BCUT2D eigenvalue weighted by atomic mass is 9.88. The zero-order valence-electron chi connectivity index (χ0n) is 16.2. The lowest BCUT2D eigenvalue weighted by Gasteiger charge is -2.20. The minimum absolute atomic E-state index is 0.0714. The van der Waals surface area contributed by atoms with Crippen molar-refractivity contribution in [2.24, 2.45) is 11.0 Å². The molecule has 2 aromatic rings. The Kier molecular flexibility index (Phi) is 7.29. The number of benzene rings is 2. The lowest BCUT2D eigenvalue weighted by molar-refractivity contribution is -0.120. The van der Waals surface area contributed by atoms with Crippen LogP contribution in [0.1, 0.15) is 54.9 Å². The highest BCUT2D eigenvalue weighted by atomic mass is 35.5. The van der Waals surface area contributed by atoms with Gasteiger partial charge in [-0.05, 0) is 55.7 Å². The number of rotatable bonds is 5. The zero-order chi connectivity index (χ0) is 20.8. The highest BCUT2D eigenvalue weighted by Gasteiger charge is 2.21. The van der Waals surface area contributed by atoms with Gasteiger partial charge in [0.15, 0.2) is 0 Å². The molecule has 7 heteroatoms. The molecule has 0 aromatic heterocycles. The summed E-state index contributed by atoms with van der Waals surface area (Å²) in [5.74, 6) is -0.263. The Morgan fingerprint density at radius 1 is 1.03 bits per heavy atom. The quantitative estimate of drug-likeness (QED) is 0.472. The number of nitrogens with one attached hydrogen (secondary N) is 2. The minimum Gasteiger partial charge on any atom is -0.326 e. The summed E-state index contributed by atoms with van der Waals surface area (Å²) >= 11 is 11.9. The Morgan fingerprint density at radius 2 is 1.79 bits per heavy atom. The Balaban J connectivity index is 1.65. The number of hydrogen-bond donors (Lipinski definition) is 2. The molecule has 1 saturated carbocycles. The van der Waals surface area contributed by atoms with Crippen LogP contribution in [0.25, 0.3) is 0 Å². The molecule has 1 fully saturated rings. The standard InChI is InChI=1S/C22H23Cl2N3O2/c1-14(26-27-22(29)19-11-10-17(23)13-20(19)24)16-8-5-9-18(12-16)25-21(28)15-6-3-2-4-7-15/h5,8-13,15H,2-4,6-7H2,1H3,(H,25,28)(H,27,29). The van der Waals surface area contributed by atoms with Crippen molar-refractivity contribution < 1.29 is 9.59 Å². The third-order valence-electron chi connectivity index (χ3n) is 5.02. The molecule has 152 valence electrons. The van der Waals surface area contributed by atoms with E-state index in [9.17, 15) is 9.59 Å². The topological polar surface area (TPSA) is 70.6 Å². The van der Waals surface area contributed by atoms with E-state index < -0.39 is 5.91 Å². The summed E-state index contributed by atoms with van der Waals surface area (Å²) in [6.45, 7) is 1.78. The number of halogens is 2. The van der Waals surface area contributed by atoms with Crippen molar-refractivity contribution >= 4 is 46.4 Å². The van der Waals surface area contributed by atoms with Gasteiger partial charge in [-0.15, -0.1) is 0 Å². The molecule has 0 unspecified atom stereocenters. The molecule has 1 aliphatic rings. The number of nitrogens with zero attached hydrogens (tertiary/aromatic N) is 1. The van der Waals surface area contributed by atoms with Crippen LogP contribution in [-0.2, 0) is 4.79 Å². The van der Waals surface area contributed by atoms with Crippen LogP contribution < -0.4 is 10.7 Å². The highest BCUT2D eigenvalue weighted by molar-refractivity contribution is 6.36. The Labute approximate surface area is 180 Å². The maximum atomic E-state index is 12.5. The second-order valence-corrected chi connectivity index (χ2v) is 8.01. The predicted octanol–water partition coefficient (Wildman–Crippen LogP) is 5.67. The summed E-state index contributed by atoms with van der Waals surface area (Å²) in [6.07, 6.45) is 5.33. The van der Waals surface area contributed by atoms with E-state index in [0.29, 0.717) is 16.3 Å². The summed E-state index contributed by atoms with van der Waals surface area (Å²) in [6, 6.07) is 12.1. The van der Waals surface area contributed by atoms with Gasteiger partial charge in [-0.3, -0.25) is 9.59 Å². The van der Waals surface area contributed by atoms with Gasteiger partial charge in [-0.2, -0.15) is 5.10 Å². The molecule has 0 heterocycles. The first-order chi connectivity index (χ1) is 13.9. The normalized spacial score (nSPS) is 15.1. The summed E-state index contributed by atoms with van der Waals surface area (Å²) in [5.41, 5.74) is 4.93. The van der Waals surface area contributed by atoms with Crippen LogP contribution >= 0.6 is 23.2 Å². The van der Waals surface area contributed by atoms with Crippen molar-refractivity contribution in [1.82, 2.24) is 5.43 Å². The smallest absolute Gasteiger partial charge is 0.272 e. The summed E-state index contributed by atoms with van der Waals surface area (Å²) < 4.78 is 0. The number of amides is 2. The van der Waals surface area contributed by atoms with Crippen LogP contribution in [0.4, 0.5) is 5.69 Å². The van der Waals surface area contributed by atoms with Gasteiger partial charge in [-0.1, -0.05) is 54.6 Å². The fourth-order valence-corrected chi connectivity index (χ4v) is 3.86. The third-order valence-corrected chi connectivity index (χ3v) is 5.57. The fourth-order valence-electron chi connectivity index (χ4n) is 3.36. The average Bonchev–Trinajstić information content (AvgIpc) is 2.72. The second-order valence-electron chi connectivity index (χ2n) is 7.17. The van der Waals surface area contributed by atoms with Gasteiger partial charge in [0.2, 0.25) is 5.91 Å². The number of carbonyl (C=O) groups excluding carboxylic acids is 2. The first-order valence-corrected chi connectivity index (χ1v) is 10.4. The van der Waals surface area contributed by atoms with E-state index in [1.54, 1.807) is 19.1 Å². The molecule has 0 bridgehead atoms. The largest absolute Gasteiger partial charge is 0.326 e. The van der Waals surface area contributed by atoms with Crippen molar-refractivity contribution in [2.45, 2.75) is 39.0 Å². The van der Waals surface area contributed by atoms with E-state index in [4.69, 9.17) is 23.2 Å². The van der Waals surface area contributed by atoms with Gasteiger partial charge < -0.3 is 5.32 Å².